The number of alkyl halides is 1. The fourth-order valence-electron chi connectivity index (χ4n) is 1.16. The summed E-state index contributed by atoms with van der Waals surface area (Å²) in [6.45, 7) is 1.81. The second-order valence-corrected chi connectivity index (χ2v) is 6.97. The minimum absolute atomic E-state index is 0.0441. The van der Waals surface area contributed by atoms with E-state index in [9.17, 15) is 8.42 Å². The zero-order chi connectivity index (χ0) is 12.2. The van der Waals surface area contributed by atoms with Crippen LogP contribution < -0.4 is 4.72 Å². The third-order valence-electron chi connectivity index (χ3n) is 1.88. The molecule has 0 spiro atoms. The molecule has 0 heterocycles. The summed E-state index contributed by atoms with van der Waals surface area (Å²) < 4.78 is 27.0. The second-order valence-electron chi connectivity index (χ2n) is 3.65. The fourth-order valence-corrected chi connectivity index (χ4v) is 3.20. The van der Waals surface area contributed by atoms with Crippen LogP contribution in [0, 0.1) is 9.49 Å². The average Bonchev–Trinajstić information content (AvgIpc) is 2.20. The van der Waals surface area contributed by atoms with Crippen LogP contribution in [0.4, 0.5) is 5.69 Å². The predicted octanol–water partition coefficient (Wildman–Crippen LogP) is 2.91. The summed E-state index contributed by atoms with van der Waals surface area (Å²) in [7, 11) is -3.30. The van der Waals surface area contributed by atoms with Gasteiger partial charge >= 0.3 is 0 Å². The summed E-state index contributed by atoms with van der Waals surface area (Å²) >= 11 is 7.75. The lowest BCUT2D eigenvalue weighted by atomic mass is 10.3. The van der Waals surface area contributed by atoms with Gasteiger partial charge < -0.3 is 0 Å². The van der Waals surface area contributed by atoms with Crippen molar-refractivity contribution in [2.45, 2.75) is 6.92 Å². The van der Waals surface area contributed by atoms with Crippen molar-refractivity contribution < 1.29 is 8.42 Å². The normalized spacial score (nSPS) is 13.4. The Balaban J connectivity index is 2.69. The standard InChI is InChI=1S/C10H13ClINO2S/c1-8(6-11)7-16(14,15)13-10-4-2-9(12)3-5-10/h2-5,8,13H,6-7H2,1H3. The Bertz CT molecular complexity index is 433. The molecule has 1 unspecified atom stereocenters. The minimum Gasteiger partial charge on any atom is -0.284 e. The SMILES string of the molecule is CC(CCl)CS(=O)(=O)Nc1ccc(I)cc1. The smallest absolute Gasteiger partial charge is 0.233 e. The van der Waals surface area contributed by atoms with Crippen LogP contribution in [0.1, 0.15) is 6.92 Å². The van der Waals surface area contributed by atoms with E-state index in [1.165, 1.54) is 0 Å². The Morgan fingerprint density at radius 1 is 1.38 bits per heavy atom. The number of hydrogen-bond donors (Lipinski definition) is 1. The van der Waals surface area contributed by atoms with Crippen LogP contribution in [-0.4, -0.2) is 20.1 Å². The summed E-state index contributed by atoms with van der Waals surface area (Å²) in [5, 5.41) is 0. The number of anilines is 1. The molecule has 1 aromatic carbocycles. The minimum atomic E-state index is -3.30. The maximum atomic E-state index is 11.7. The van der Waals surface area contributed by atoms with E-state index >= 15 is 0 Å². The molecule has 0 radical (unpaired) electrons. The fraction of sp³-hybridized carbons (Fsp3) is 0.400. The highest BCUT2D eigenvalue weighted by molar-refractivity contribution is 14.1. The predicted molar refractivity (Wildman–Crippen MR) is 76.5 cm³/mol. The van der Waals surface area contributed by atoms with E-state index in [2.05, 4.69) is 27.3 Å². The molecule has 0 aliphatic carbocycles. The Hall–Kier alpha value is -0.0100. The van der Waals surface area contributed by atoms with Crippen molar-refractivity contribution in [3.05, 3.63) is 27.8 Å². The molecule has 3 nitrogen and oxygen atoms in total. The molecule has 0 amide bonds. The molecule has 1 atom stereocenters. The van der Waals surface area contributed by atoms with Crippen molar-refractivity contribution in [3.8, 4) is 0 Å². The van der Waals surface area contributed by atoms with E-state index in [1.54, 1.807) is 19.1 Å². The molecule has 0 saturated heterocycles. The van der Waals surface area contributed by atoms with Crippen molar-refractivity contribution in [1.29, 1.82) is 0 Å². The summed E-state index contributed by atoms with van der Waals surface area (Å²) in [5.41, 5.74) is 0.585. The number of benzene rings is 1. The van der Waals surface area contributed by atoms with Gasteiger partial charge in [0.05, 0.1) is 5.75 Å². The van der Waals surface area contributed by atoms with Gasteiger partial charge in [-0.1, -0.05) is 6.92 Å². The molecule has 0 bridgehead atoms. The van der Waals surface area contributed by atoms with E-state index in [4.69, 9.17) is 11.6 Å². The van der Waals surface area contributed by atoms with E-state index < -0.39 is 10.0 Å². The van der Waals surface area contributed by atoms with Crippen molar-refractivity contribution in [2.24, 2.45) is 5.92 Å². The Morgan fingerprint density at radius 3 is 2.44 bits per heavy atom. The molecule has 0 aliphatic rings. The molecule has 0 saturated carbocycles. The lowest BCUT2D eigenvalue weighted by Gasteiger charge is -2.11. The van der Waals surface area contributed by atoms with E-state index in [-0.39, 0.29) is 11.7 Å². The van der Waals surface area contributed by atoms with E-state index in [1.807, 2.05) is 12.1 Å². The quantitative estimate of drug-likeness (QED) is 0.637. The molecular formula is C10H13ClINO2S. The maximum Gasteiger partial charge on any atom is 0.233 e. The first-order chi connectivity index (χ1) is 7.43. The van der Waals surface area contributed by atoms with Gasteiger partial charge in [0, 0.05) is 15.1 Å². The van der Waals surface area contributed by atoms with Crippen LogP contribution in [0.2, 0.25) is 0 Å². The number of nitrogens with one attached hydrogen (secondary N) is 1. The molecule has 1 N–H and O–H groups in total. The average molecular weight is 374 g/mol. The molecule has 0 fully saturated rings. The molecule has 1 rings (SSSR count). The summed E-state index contributed by atoms with van der Waals surface area (Å²) in [6, 6.07) is 7.18. The van der Waals surface area contributed by atoms with Gasteiger partial charge in [-0.3, -0.25) is 4.72 Å². The first-order valence-electron chi connectivity index (χ1n) is 4.75. The summed E-state index contributed by atoms with van der Waals surface area (Å²) in [5.74, 6) is 0.332. The highest BCUT2D eigenvalue weighted by Crippen LogP contribution is 2.14. The third-order valence-corrected chi connectivity index (χ3v) is 4.69. The first-order valence-corrected chi connectivity index (χ1v) is 8.01. The van der Waals surface area contributed by atoms with Crippen LogP contribution in [0.3, 0.4) is 0 Å². The molecule has 90 valence electrons. The van der Waals surface area contributed by atoms with Crippen molar-refractivity contribution in [3.63, 3.8) is 0 Å². The van der Waals surface area contributed by atoms with Gasteiger partial charge in [-0.15, -0.1) is 11.6 Å². The lowest BCUT2D eigenvalue weighted by molar-refractivity contribution is 0.588. The maximum absolute atomic E-state index is 11.7. The van der Waals surface area contributed by atoms with Crippen LogP contribution >= 0.6 is 34.2 Å². The largest absolute Gasteiger partial charge is 0.284 e. The Labute approximate surface area is 115 Å². The van der Waals surface area contributed by atoms with Crippen LogP contribution in [-0.2, 0) is 10.0 Å². The molecular weight excluding hydrogens is 361 g/mol. The summed E-state index contributed by atoms with van der Waals surface area (Å²) in [4.78, 5) is 0. The highest BCUT2D eigenvalue weighted by atomic mass is 127. The molecule has 0 aliphatic heterocycles. The molecule has 1 aromatic rings. The Kier molecular flexibility index (Phi) is 5.33. The van der Waals surface area contributed by atoms with Crippen LogP contribution in [0.25, 0.3) is 0 Å². The zero-order valence-electron chi connectivity index (χ0n) is 8.78. The van der Waals surface area contributed by atoms with E-state index in [0.717, 1.165) is 3.57 Å². The van der Waals surface area contributed by atoms with Crippen LogP contribution in [0.15, 0.2) is 24.3 Å². The molecule has 0 aromatic heterocycles. The Morgan fingerprint density at radius 2 is 1.94 bits per heavy atom. The monoisotopic (exact) mass is 373 g/mol. The van der Waals surface area contributed by atoms with Gasteiger partial charge in [0.1, 0.15) is 0 Å². The zero-order valence-corrected chi connectivity index (χ0v) is 12.5. The summed E-state index contributed by atoms with van der Waals surface area (Å²) in [6.07, 6.45) is 0. The number of sulfonamides is 1. The van der Waals surface area contributed by atoms with Gasteiger partial charge in [-0.2, -0.15) is 0 Å². The third kappa shape index (κ3) is 4.88. The van der Waals surface area contributed by atoms with Gasteiger partial charge in [-0.25, -0.2) is 8.42 Å². The van der Waals surface area contributed by atoms with E-state index in [0.29, 0.717) is 11.6 Å². The highest BCUT2D eigenvalue weighted by Gasteiger charge is 2.14. The van der Waals surface area contributed by atoms with Gasteiger partial charge in [0.15, 0.2) is 0 Å². The van der Waals surface area contributed by atoms with Crippen molar-refractivity contribution >= 4 is 49.9 Å². The number of halogens is 2. The van der Waals surface area contributed by atoms with Crippen LogP contribution in [0.5, 0.6) is 0 Å². The topological polar surface area (TPSA) is 46.2 Å². The number of rotatable bonds is 5. The van der Waals surface area contributed by atoms with Gasteiger partial charge in [0.25, 0.3) is 0 Å². The molecule has 16 heavy (non-hydrogen) atoms. The lowest BCUT2D eigenvalue weighted by Crippen LogP contribution is -2.22. The second kappa shape index (κ2) is 6.07. The van der Waals surface area contributed by atoms with Crippen molar-refractivity contribution in [1.82, 2.24) is 0 Å². The first kappa shape index (κ1) is 14.1. The molecule has 6 heteroatoms. The van der Waals surface area contributed by atoms with Crippen molar-refractivity contribution in [2.75, 3.05) is 16.4 Å². The number of hydrogen-bond acceptors (Lipinski definition) is 2. The van der Waals surface area contributed by atoms with Gasteiger partial charge in [-0.05, 0) is 52.8 Å². The van der Waals surface area contributed by atoms with Gasteiger partial charge in [0.2, 0.25) is 10.0 Å².